The number of imidazole rings is 1. The van der Waals surface area contributed by atoms with Gasteiger partial charge in [-0.05, 0) is 91.1 Å². The maximum Gasteiger partial charge on any atom is 0.164 e. The van der Waals surface area contributed by atoms with E-state index < -0.39 is 0 Å². The van der Waals surface area contributed by atoms with Crippen molar-refractivity contribution in [2.24, 2.45) is 0 Å². The maximum absolute atomic E-state index is 5.44. The first kappa shape index (κ1) is 33.2. The molecule has 0 fully saturated rings. The number of hydrogen-bond donors (Lipinski definition) is 0. The van der Waals surface area contributed by atoms with Crippen molar-refractivity contribution in [3.63, 3.8) is 0 Å². The first-order valence-corrected chi connectivity index (χ1v) is 20.9. The number of benzene rings is 9. The molecule has 0 spiro atoms. The number of hydrogen-bond acceptors (Lipinski definition) is 5. The Bertz CT molecular complexity index is 3890. The topological polar surface area (TPSA) is 56.0 Å². The summed E-state index contributed by atoms with van der Waals surface area (Å²) in [5.41, 5.74) is 8.00. The van der Waals surface area contributed by atoms with Crippen LogP contribution < -0.4 is 0 Å². The summed E-state index contributed by atoms with van der Waals surface area (Å²) in [6, 6.07) is 66.9. The molecule has 5 nitrogen and oxygen atoms in total. The summed E-state index contributed by atoms with van der Waals surface area (Å²) in [4.78, 5) is 20.6. The average Bonchev–Trinajstić information content (AvgIpc) is 3.88. The van der Waals surface area contributed by atoms with E-state index in [1.54, 1.807) is 0 Å². The monoisotopic (exact) mass is 781 g/mol. The van der Waals surface area contributed by atoms with Crippen molar-refractivity contribution >= 4 is 91.3 Å². The molecular formula is C54H31N5S. The molecule has 0 unspecified atom stereocenters. The molecule has 0 aliphatic heterocycles. The van der Waals surface area contributed by atoms with Crippen LogP contribution >= 0.6 is 11.3 Å². The van der Waals surface area contributed by atoms with Crippen LogP contribution in [0.3, 0.4) is 0 Å². The molecule has 4 aromatic heterocycles. The lowest BCUT2D eigenvalue weighted by atomic mass is 10.0. The van der Waals surface area contributed by atoms with E-state index in [1.165, 1.54) is 57.9 Å². The molecule has 0 saturated carbocycles. The summed E-state index contributed by atoms with van der Waals surface area (Å²) < 4.78 is 4.81. The lowest BCUT2D eigenvalue weighted by molar-refractivity contribution is 1.07. The second kappa shape index (κ2) is 12.9. The van der Waals surface area contributed by atoms with Crippen LogP contribution in [-0.4, -0.2) is 24.3 Å². The van der Waals surface area contributed by atoms with Crippen LogP contribution in [0.15, 0.2) is 188 Å². The van der Waals surface area contributed by atoms with Gasteiger partial charge in [0.15, 0.2) is 23.1 Å². The van der Waals surface area contributed by atoms with Gasteiger partial charge in [0.2, 0.25) is 0 Å². The molecule has 0 bridgehead atoms. The molecule has 0 saturated heterocycles. The summed E-state index contributed by atoms with van der Waals surface area (Å²) in [6.45, 7) is 0. The molecule has 0 N–H and O–H groups in total. The highest BCUT2D eigenvalue weighted by atomic mass is 32.1. The Morgan fingerprint density at radius 2 is 0.933 bits per heavy atom. The highest BCUT2D eigenvalue weighted by Gasteiger charge is 2.20. The molecule has 0 aliphatic rings. The van der Waals surface area contributed by atoms with Crippen LogP contribution in [0.25, 0.3) is 125 Å². The van der Waals surface area contributed by atoms with Crippen molar-refractivity contribution in [3.8, 4) is 45.4 Å². The summed E-state index contributed by atoms with van der Waals surface area (Å²) in [5, 5.41) is 12.1. The van der Waals surface area contributed by atoms with Gasteiger partial charge in [-0.25, -0.2) is 19.9 Å². The molecule has 0 radical (unpaired) electrons. The fraction of sp³-hybridized carbons (Fsp3) is 0. The van der Waals surface area contributed by atoms with Gasteiger partial charge in [-0.15, -0.1) is 11.3 Å². The number of pyridine rings is 1. The molecular weight excluding hydrogens is 751 g/mol. The van der Waals surface area contributed by atoms with Gasteiger partial charge in [0.1, 0.15) is 0 Å². The van der Waals surface area contributed by atoms with Crippen molar-refractivity contribution in [3.05, 3.63) is 188 Å². The van der Waals surface area contributed by atoms with Gasteiger partial charge in [0, 0.05) is 32.2 Å². The Kier molecular flexibility index (Phi) is 7.11. The van der Waals surface area contributed by atoms with E-state index in [1.807, 2.05) is 41.7 Å². The van der Waals surface area contributed by atoms with E-state index in [2.05, 4.69) is 162 Å². The second-order valence-corrected chi connectivity index (χ2v) is 16.6. The Balaban J connectivity index is 1.03. The molecule has 13 aromatic rings. The predicted octanol–water partition coefficient (Wildman–Crippen LogP) is 14.3. The van der Waals surface area contributed by atoms with Crippen molar-refractivity contribution in [2.45, 2.75) is 0 Å². The van der Waals surface area contributed by atoms with Crippen molar-refractivity contribution < 1.29 is 0 Å². The highest BCUT2D eigenvalue weighted by molar-refractivity contribution is 7.26. The molecule has 60 heavy (non-hydrogen) atoms. The van der Waals surface area contributed by atoms with E-state index in [9.17, 15) is 0 Å². The molecule has 9 aromatic carbocycles. The summed E-state index contributed by atoms with van der Waals surface area (Å²) in [6.07, 6.45) is 0. The zero-order valence-corrected chi connectivity index (χ0v) is 32.9. The van der Waals surface area contributed by atoms with Gasteiger partial charge in [-0.3, -0.25) is 4.40 Å². The highest BCUT2D eigenvalue weighted by Crippen LogP contribution is 2.44. The summed E-state index contributed by atoms with van der Waals surface area (Å²) in [7, 11) is 0. The van der Waals surface area contributed by atoms with Crippen LogP contribution in [0, 0.1) is 0 Å². The normalized spacial score (nSPS) is 12.0. The molecule has 4 heterocycles. The second-order valence-electron chi connectivity index (χ2n) is 15.5. The largest absolute Gasteiger partial charge is 0.291 e. The van der Waals surface area contributed by atoms with E-state index in [-0.39, 0.29) is 0 Å². The number of nitrogens with zero attached hydrogens (tertiary/aromatic N) is 5. The summed E-state index contributed by atoms with van der Waals surface area (Å²) in [5.74, 6) is 1.91. The standard InChI is InChI=1S/C54H31N5S/c1-2-12-35(13-3-1)51-56-52(58-53(57-51)40-23-18-32-10-4-5-14-37(32)26-40)36-21-19-34(20-22-36)46-31-44-49-43-17-9-8-11-33(43)24-25-48(49)60-50(44)54-55-45-29-41-27-38-15-6-7-16-39(38)28-42(41)30-47(45)59(46)54/h1-31H. The maximum atomic E-state index is 5.44. The molecule has 278 valence electrons. The SMILES string of the molecule is c1ccc(-c2nc(-c3ccc(-c4cc5c(sc6ccc7ccccc7c65)c5nc6cc7cc8ccccc8cc7cc6n45)cc3)nc(-c3ccc4ccccc4c3)n2)cc1. The van der Waals surface area contributed by atoms with Crippen molar-refractivity contribution in [2.75, 3.05) is 0 Å². The number of thiophene rings is 1. The fourth-order valence-electron chi connectivity index (χ4n) is 8.99. The van der Waals surface area contributed by atoms with Crippen LogP contribution in [0.2, 0.25) is 0 Å². The van der Waals surface area contributed by atoms with Gasteiger partial charge in [-0.1, -0.05) is 146 Å². The van der Waals surface area contributed by atoms with Gasteiger partial charge >= 0.3 is 0 Å². The van der Waals surface area contributed by atoms with Crippen molar-refractivity contribution in [1.82, 2.24) is 24.3 Å². The van der Waals surface area contributed by atoms with Crippen LogP contribution in [0.1, 0.15) is 0 Å². The van der Waals surface area contributed by atoms with Gasteiger partial charge in [0.05, 0.1) is 21.4 Å². The first-order valence-electron chi connectivity index (χ1n) is 20.1. The Labute approximate surface area is 347 Å². The lowest BCUT2D eigenvalue weighted by Gasteiger charge is -2.11. The van der Waals surface area contributed by atoms with Gasteiger partial charge in [0.25, 0.3) is 0 Å². The zero-order valence-electron chi connectivity index (χ0n) is 32.0. The van der Waals surface area contributed by atoms with Crippen LogP contribution in [-0.2, 0) is 0 Å². The van der Waals surface area contributed by atoms with Crippen LogP contribution in [0.4, 0.5) is 0 Å². The minimum absolute atomic E-state index is 0.626. The van der Waals surface area contributed by atoms with E-state index in [0.29, 0.717) is 17.5 Å². The third-order valence-electron chi connectivity index (χ3n) is 11.9. The zero-order chi connectivity index (χ0) is 39.3. The van der Waals surface area contributed by atoms with E-state index >= 15 is 0 Å². The van der Waals surface area contributed by atoms with E-state index in [0.717, 1.165) is 50.0 Å². The molecule has 0 aliphatic carbocycles. The molecule has 0 atom stereocenters. The fourth-order valence-corrected chi connectivity index (χ4v) is 10.2. The Morgan fingerprint density at radius 1 is 0.367 bits per heavy atom. The minimum Gasteiger partial charge on any atom is -0.291 e. The molecule has 13 rings (SSSR count). The molecule has 0 amide bonds. The predicted molar refractivity (Wildman–Crippen MR) is 251 cm³/mol. The first-order chi connectivity index (χ1) is 29.7. The smallest absolute Gasteiger partial charge is 0.164 e. The Hall–Kier alpha value is -7.80. The van der Waals surface area contributed by atoms with Crippen molar-refractivity contribution in [1.29, 1.82) is 0 Å². The minimum atomic E-state index is 0.626. The average molecular weight is 782 g/mol. The summed E-state index contributed by atoms with van der Waals surface area (Å²) >= 11 is 1.82. The van der Waals surface area contributed by atoms with Gasteiger partial charge < -0.3 is 0 Å². The third-order valence-corrected chi connectivity index (χ3v) is 13.1. The lowest BCUT2D eigenvalue weighted by Crippen LogP contribution is -2.00. The number of fused-ring (bicyclic) bond motifs is 12. The van der Waals surface area contributed by atoms with Gasteiger partial charge in [-0.2, -0.15) is 0 Å². The Morgan fingerprint density at radius 3 is 1.68 bits per heavy atom. The third kappa shape index (κ3) is 5.18. The van der Waals surface area contributed by atoms with E-state index in [4.69, 9.17) is 19.9 Å². The molecule has 6 heteroatoms. The van der Waals surface area contributed by atoms with Crippen LogP contribution in [0.5, 0.6) is 0 Å². The number of aromatic nitrogens is 5. The quantitative estimate of drug-likeness (QED) is 0.167. The number of rotatable bonds is 4.